The van der Waals surface area contributed by atoms with Crippen LogP contribution in [0.4, 0.5) is 0 Å². The average Bonchev–Trinajstić information content (AvgIpc) is 2.28. The molecule has 1 aromatic heterocycles. The Morgan fingerprint density at radius 2 is 1.47 bits per heavy atom. The second-order valence-corrected chi connectivity index (χ2v) is 7.01. The fourth-order valence-electron chi connectivity index (χ4n) is 1.88. The van der Waals surface area contributed by atoms with Gasteiger partial charge in [0.15, 0.2) is 0 Å². The maximum atomic E-state index is 3.38. The van der Waals surface area contributed by atoms with E-state index in [1.54, 1.807) is 0 Å². The predicted molar refractivity (Wildman–Crippen MR) is 67.1 cm³/mol. The first-order chi connectivity index (χ1) is 6.66. The summed E-state index contributed by atoms with van der Waals surface area (Å²) in [5, 5.41) is 0. The van der Waals surface area contributed by atoms with Gasteiger partial charge in [-0.3, -0.25) is 0 Å². The number of H-pyrrole nitrogens is 1. The lowest BCUT2D eigenvalue weighted by molar-refractivity contribution is 0.406. The van der Waals surface area contributed by atoms with E-state index >= 15 is 0 Å². The Kier molecular flexibility index (Phi) is 3.32. The van der Waals surface area contributed by atoms with Gasteiger partial charge in [0.1, 0.15) is 0 Å². The summed E-state index contributed by atoms with van der Waals surface area (Å²) in [4.78, 5) is 3.38. The van der Waals surface area contributed by atoms with Crippen LogP contribution in [0.2, 0.25) is 0 Å². The molecular formula is C14H25N. The molecule has 0 saturated carbocycles. The molecule has 0 amide bonds. The van der Waals surface area contributed by atoms with E-state index in [0.29, 0.717) is 10.8 Å². The molecule has 0 aromatic carbocycles. The van der Waals surface area contributed by atoms with E-state index in [1.165, 1.54) is 11.3 Å². The Morgan fingerprint density at radius 1 is 0.933 bits per heavy atom. The Hall–Kier alpha value is -0.720. The van der Waals surface area contributed by atoms with Crippen LogP contribution in [0.15, 0.2) is 12.3 Å². The molecule has 0 atom stereocenters. The van der Waals surface area contributed by atoms with Gasteiger partial charge in [-0.1, -0.05) is 41.5 Å². The molecule has 0 bridgehead atoms. The van der Waals surface area contributed by atoms with Crippen molar-refractivity contribution in [2.45, 2.75) is 54.4 Å². The Labute approximate surface area is 94.3 Å². The van der Waals surface area contributed by atoms with Crippen LogP contribution in [-0.4, -0.2) is 4.98 Å². The molecule has 1 aromatic rings. The summed E-state index contributed by atoms with van der Waals surface area (Å²) in [5.41, 5.74) is 3.54. The van der Waals surface area contributed by atoms with Gasteiger partial charge in [0, 0.05) is 11.9 Å². The molecule has 0 aliphatic heterocycles. The van der Waals surface area contributed by atoms with Crippen LogP contribution in [-0.2, 0) is 12.8 Å². The van der Waals surface area contributed by atoms with Crippen molar-refractivity contribution in [3.63, 3.8) is 0 Å². The first-order valence-corrected chi connectivity index (χ1v) is 5.82. The van der Waals surface area contributed by atoms with Crippen molar-refractivity contribution in [1.82, 2.24) is 4.98 Å². The minimum Gasteiger partial charge on any atom is -0.365 e. The third kappa shape index (κ3) is 5.06. The van der Waals surface area contributed by atoms with Crippen LogP contribution < -0.4 is 0 Å². The molecule has 0 fully saturated rings. The van der Waals surface area contributed by atoms with Gasteiger partial charge in [-0.2, -0.15) is 0 Å². The largest absolute Gasteiger partial charge is 0.365 e. The average molecular weight is 207 g/mol. The zero-order chi connectivity index (χ0) is 11.7. The lowest BCUT2D eigenvalue weighted by Gasteiger charge is -2.17. The van der Waals surface area contributed by atoms with Crippen LogP contribution in [0.3, 0.4) is 0 Å². The summed E-state index contributed by atoms with van der Waals surface area (Å²) in [7, 11) is 0. The number of hydrogen-bond acceptors (Lipinski definition) is 0. The Morgan fingerprint density at radius 3 is 1.93 bits per heavy atom. The van der Waals surface area contributed by atoms with Crippen molar-refractivity contribution in [3.8, 4) is 0 Å². The number of aromatic amines is 1. The number of hydrogen-bond donors (Lipinski definition) is 1. The van der Waals surface area contributed by atoms with Crippen molar-refractivity contribution in [2.75, 3.05) is 0 Å². The lowest BCUT2D eigenvalue weighted by Crippen LogP contribution is -2.09. The molecule has 0 spiro atoms. The third-order valence-corrected chi connectivity index (χ3v) is 2.26. The van der Waals surface area contributed by atoms with Crippen molar-refractivity contribution >= 4 is 0 Å². The Balaban J connectivity index is 2.65. The first-order valence-electron chi connectivity index (χ1n) is 5.82. The molecule has 0 aliphatic rings. The number of rotatable bonds is 2. The highest BCUT2D eigenvalue weighted by Crippen LogP contribution is 2.24. The van der Waals surface area contributed by atoms with Gasteiger partial charge in [0.05, 0.1) is 0 Å². The van der Waals surface area contributed by atoms with Crippen LogP contribution in [0, 0.1) is 10.8 Å². The minimum atomic E-state index is 0.365. The highest BCUT2D eigenvalue weighted by Gasteiger charge is 2.15. The zero-order valence-electron chi connectivity index (χ0n) is 11.1. The van der Waals surface area contributed by atoms with Crippen molar-refractivity contribution in [2.24, 2.45) is 10.8 Å². The predicted octanol–water partition coefficient (Wildman–Crippen LogP) is 4.19. The molecule has 0 unspecified atom stereocenters. The van der Waals surface area contributed by atoms with Crippen molar-refractivity contribution in [1.29, 1.82) is 0 Å². The molecule has 86 valence electrons. The van der Waals surface area contributed by atoms with Gasteiger partial charge >= 0.3 is 0 Å². The molecule has 15 heavy (non-hydrogen) atoms. The summed E-state index contributed by atoms with van der Waals surface area (Å²) >= 11 is 0. The fraction of sp³-hybridized carbons (Fsp3) is 0.714. The van der Waals surface area contributed by atoms with E-state index in [9.17, 15) is 0 Å². The topological polar surface area (TPSA) is 15.8 Å². The van der Waals surface area contributed by atoms with E-state index in [2.05, 4.69) is 58.8 Å². The summed E-state index contributed by atoms with van der Waals surface area (Å²) < 4.78 is 0. The second-order valence-electron chi connectivity index (χ2n) is 7.01. The summed E-state index contributed by atoms with van der Waals surface area (Å²) in [6, 6.07) is 2.32. The molecule has 1 heterocycles. The van der Waals surface area contributed by atoms with Crippen LogP contribution >= 0.6 is 0 Å². The van der Waals surface area contributed by atoms with E-state index in [0.717, 1.165) is 12.8 Å². The molecular weight excluding hydrogens is 182 g/mol. The lowest BCUT2D eigenvalue weighted by atomic mass is 9.88. The van der Waals surface area contributed by atoms with E-state index in [-0.39, 0.29) is 0 Å². The van der Waals surface area contributed by atoms with Gasteiger partial charge in [-0.25, -0.2) is 0 Å². The summed E-state index contributed by atoms with van der Waals surface area (Å²) in [6.07, 6.45) is 4.43. The van der Waals surface area contributed by atoms with Gasteiger partial charge in [-0.05, 0) is 35.3 Å². The number of aromatic nitrogens is 1. The molecule has 0 radical (unpaired) electrons. The maximum absolute atomic E-state index is 3.38. The van der Waals surface area contributed by atoms with Gasteiger partial charge in [-0.15, -0.1) is 0 Å². The van der Waals surface area contributed by atoms with Crippen LogP contribution in [0.1, 0.15) is 52.8 Å². The van der Waals surface area contributed by atoms with Crippen molar-refractivity contribution in [3.05, 3.63) is 23.5 Å². The molecule has 0 saturated heterocycles. The quantitative estimate of drug-likeness (QED) is 0.748. The van der Waals surface area contributed by atoms with E-state index < -0.39 is 0 Å². The summed E-state index contributed by atoms with van der Waals surface area (Å²) in [6.45, 7) is 13.7. The first kappa shape index (κ1) is 12.4. The monoisotopic (exact) mass is 207 g/mol. The molecule has 1 N–H and O–H groups in total. The highest BCUT2D eigenvalue weighted by atomic mass is 14.7. The molecule has 1 heteroatoms. The van der Waals surface area contributed by atoms with Crippen molar-refractivity contribution < 1.29 is 0 Å². The van der Waals surface area contributed by atoms with Gasteiger partial charge < -0.3 is 4.98 Å². The second kappa shape index (κ2) is 4.03. The molecule has 1 nitrogen and oxygen atoms in total. The fourth-order valence-corrected chi connectivity index (χ4v) is 1.88. The van der Waals surface area contributed by atoms with Crippen LogP contribution in [0.25, 0.3) is 0 Å². The standard InChI is InChI=1S/C14H25N/c1-13(2,3)8-11-7-12(15-10-11)9-14(4,5)6/h7,10,15H,8-9H2,1-6H3. The minimum absolute atomic E-state index is 0.365. The summed E-state index contributed by atoms with van der Waals surface area (Å²) in [5.74, 6) is 0. The Bertz CT molecular complexity index is 276. The molecule has 1 rings (SSSR count). The third-order valence-electron chi connectivity index (χ3n) is 2.26. The van der Waals surface area contributed by atoms with Crippen LogP contribution in [0.5, 0.6) is 0 Å². The zero-order valence-corrected chi connectivity index (χ0v) is 11.1. The smallest absolute Gasteiger partial charge is 0.0155 e. The SMILES string of the molecule is CC(C)(C)Cc1c[nH]c(CC(C)(C)C)c1. The molecule has 0 aliphatic carbocycles. The van der Waals surface area contributed by atoms with E-state index in [1.807, 2.05) is 0 Å². The van der Waals surface area contributed by atoms with Gasteiger partial charge in [0.2, 0.25) is 0 Å². The highest BCUT2D eigenvalue weighted by molar-refractivity contribution is 5.18. The van der Waals surface area contributed by atoms with Gasteiger partial charge in [0.25, 0.3) is 0 Å². The van der Waals surface area contributed by atoms with E-state index in [4.69, 9.17) is 0 Å². The normalized spacial score (nSPS) is 13.2. The maximum Gasteiger partial charge on any atom is 0.0155 e. The number of nitrogens with one attached hydrogen (secondary N) is 1.